The molecule has 0 atom stereocenters. The van der Waals surface area contributed by atoms with Crippen molar-refractivity contribution >= 4 is 46.0 Å². The minimum atomic E-state index is -0.230. The largest absolute Gasteiger partial charge is 0.342 e. The molecule has 174 valence electrons. The molecule has 2 aromatic heterocycles. The van der Waals surface area contributed by atoms with E-state index in [2.05, 4.69) is 31.2 Å². The van der Waals surface area contributed by atoms with Crippen molar-refractivity contribution in [1.82, 2.24) is 9.13 Å². The summed E-state index contributed by atoms with van der Waals surface area (Å²) in [5.74, 6) is -0.230. The third-order valence-electron chi connectivity index (χ3n) is 4.28. The van der Waals surface area contributed by atoms with Crippen molar-refractivity contribution in [3.8, 4) is 0 Å². The second-order valence-corrected chi connectivity index (χ2v) is 7.03. The van der Waals surface area contributed by atoms with Gasteiger partial charge < -0.3 is 9.13 Å². The van der Waals surface area contributed by atoms with Crippen LogP contribution in [0.3, 0.4) is 0 Å². The van der Waals surface area contributed by atoms with Crippen LogP contribution in [-0.2, 0) is 14.1 Å². The lowest BCUT2D eigenvalue weighted by molar-refractivity contribution is 0.621. The van der Waals surface area contributed by atoms with Gasteiger partial charge in [-0.3, -0.25) is 0 Å². The van der Waals surface area contributed by atoms with Crippen molar-refractivity contribution in [2.75, 3.05) is 0 Å². The van der Waals surface area contributed by atoms with Gasteiger partial charge in [0.25, 0.3) is 0 Å². The third kappa shape index (κ3) is 7.64. The molecule has 0 fully saturated rings. The molecule has 0 radical (unpaired) electrons. The summed E-state index contributed by atoms with van der Waals surface area (Å²) in [4.78, 5) is 0. The molecule has 4 rings (SSSR count). The highest BCUT2D eigenvalue weighted by Gasteiger charge is 2.02. The van der Waals surface area contributed by atoms with Crippen LogP contribution < -0.4 is 0 Å². The van der Waals surface area contributed by atoms with Crippen LogP contribution in [0.15, 0.2) is 60.9 Å². The van der Waals surface area contributed by atoms with E-state index < -0.39 is 0 Å². The molecule has 32 heavy (non-hydrogen) atoms. The molecule has 0 unspecified atom stereocenters. The Bertz CT molecular complexity index is 1220. The van der Waals surface area contributed by atoms with Crippen LogP contribution in [0, 0.1) is 22.0 Å². The predicted molar refractivity (Wildman–Crippen MR) is 146 cm³/mol. The number of hydrogen-bond donors (Lipinski definition) is 0. The van der Waals surface area contributed by atoms with Gasteiger partial charge in [-0.2, -0.15) is 0 Å². The number of aromatic nitrogens is 2. The summed E-state index contributed by atoms with van der Waals surface area (Å²) in [6, 6.07) is 15.7. The van der Waals surface area contributed by atoms with E-state index in [1.807, 2.05) is 71.5 Å². The fourth-order valence-electron chi connectivity index (χ4n) is 2.83. The van der Waals surface area contributed by atoms with E-state index in [9.17, 15) is 4.39 Å². The normalized spacial score (nSPS) is 9.19. The van der Waals surface area contributed by atoms with Gasteiger partial charge in [-0.1, -0.05) is 114 Å². The van der Waals surface area contributed by atoms with Gasteiger partial charge in [0, 0.05) is 42.6 Å². The monoisotopic (exact) mass is 472 g/mol. The molecule has 2 aromatic carbocycles. The molecular formula is C27H37FN2S2. The number of halogens is 1. The van der Waals surface area contributed by atoms with Gasteiger partial charge in [-0.05, 0) is 18.4 Å². The van der Waals surface area contributed by atoms with E-state index in [-0.39, 0.29) is 5.82 Å². The van der Waals surface area contributed by atoms with Gasteiger partial charge in [-0.25, -0.2) is 4.39 Å². The summed E-state index contributed by atoms with van der Waals surface area (Å²) in [6.07, 6.45) is 3.41. The Morgan fingerprint density at radius 2 is 1.22 bits per heavy atom. The van der Waals surface area contributed by atoms with Crippen molar-refractivity contribution in [3.05, 3.63) is 81.6 Å². The summed E-state index contributed by atoms with van der Waals surface area (Å²) in [5, 5.41) is 3.76. The van der Waals surface area contributed by atoms with E-state index in [0.717, 1.165) is 15.4 Å². The molecule has 0 amide bonds. The predicted octanol–water partition coefficient (Wildman–Crippen LogP) is 9.34. The molecule has 0 aliphatic heterocycles. The second-order valence-electron chi connectivity index (χ2n) is 6.26. The molecule has 2 nitrogen and oxygen atoms in total. The van der Waals surface area contributed by atoms with Gasteiger partial charge in [0.1, 0.15) is 15.1 Å². The molecule has 0 aliphatic rings. The number of fused-ring (bicyclic) bond motifs is 2. The van der Waals surface area contributed by atoms with Gasteiger partial charge in [0.15, 0.2) is 0 Å². The first-order valence-electron chi connectivity index (χ1n) is 11.2. The number of hydrogen-bond acceptors (Lipinski definition) is 2. The number of nitrogens with zero attached hydrogens (tertiary/aromatic N) is 2. The van der Waals surface area contributed by atoms with E-state index in [1.54, 1.807) is 23.7 Å². The summed E-state index contributed by atoms with van der Waals surface area (Å²) in [7, 11) is 3.72. The molecule has 0 saturated carbocycles. The highest BCUT2D eigenvalue weighted by Crippen LogP contribution is 2.18. The van der Waals surface area contributed by atoms with Crippen molar-refractivity contribution < 1.29 is 4.39 Å². The van der Waals surface area contributed by atoms with Crippen LogP contribution in [0.4, 0.5) is 4.39 Å². The Labute approximate surface area is 203 Å². The number of rotatable bonds is 0. The van der Waals surface area contributed by atoms with Gasteiger partial charge >= 0.3 is 0 Å². The van der Waals surface area contributed by atoms with Crippen molar-refractivity contribution in [3.63, 3.8) is 0 Å². The average Bonchev–Trinajstić information content (AvgIpc) is 2.84. The van der Waals surface area contributed by atoms with Crippen molar-refractivity contribution in [1.29, 1.82) is 0 Å². The maximum Gasteiger partial charge on any atom is 0.147 e. The molecule has 4 aromatic rings. The highest BCUT2D eigenvalue weighted by atomic mass is 32.1. The van der Waals surface area contributed by atoms with Crippen molar-refractivity contribution in [2.24, 2.45) is 14.1 Å². The van der Waals surface area contributed by atoms with Crippen LogP contribution in [0.25, 0.3) is 21.5 Å². The fourth-order valence-corrected chi connectivity index (χ4v) is 3.31. The lowest BCUT2D eigenvalue weighted by atomic mass is 10.1. The Hall–Kier alpha value is -2.37. The molecule has 0 saturated heterocycles. The standard InChI is InChI=1S/C11H11NS.C10H8FNS.3C2H6/c1-8-3-4-10-9(7-8)5-6-12(2)11(10)13;1-12-6-9(11)7-4-2-3-5-8(7)10(12)13;3*1-2/h3-7H,1-2H3;2-6H,1H3;3*1-2H3. The molecule has 2 heterocycles. The van der Waals surface area contributed by atoms with Gasteiger partial charge in [-0.15, -0.1) is 0 Å². The van der Waals surface area contributed by atoms with E-state index in [1.165, 1.54) is 17.1 Å². The zero-order chi connectivity index (χ0) is 24.8. The second kappa shape index (κ2) is 15.4. The Balaban J connectivity index is 0.000000488. The first-order chi connectivity index (χ1) is 15.4. The summed E-state index contributed by atoms with van der Waals surface area (Å²) in [5.41, 5.74) is 1.27. The van der Waals surface area contributed by atoms with Crippen LogP contribution in [-0.4, -0.2) is 9.13 Å². The van der Waals surface area contributed by atoms with Gasteiger partial charge in [0.05, 0.1) is 0 Å². The van der Waals surface area contributed by atoms with Crippen LogP contribution >= 0.6 is 24.4 Å². The zero-order valence-corrected chi connectivity index (χ0v) is 22.5. The smallest absolute Gasteiger partial charge is 0.147 e. The van der Waals surface area contributed by atoms with Crippen LogP contribution in [0.5, 0.6) is 0 Å². The maximum atomic E-state index is 13.4. The Morgan fingerprint density at radius 1 is 0.688 bits per heavy atom. The first kappa shape index (κ1) is 29.6. The van der Waals surface area contributed by atoms with Crippen molar-refractivity contribution in [2.45, 2.75) is 48.5 Å². The number of pyridine rings is 2. The molecular weight excluding hydrogens is 435 g/mol. The SMILES string of the molecule is CC.CC.CC.Cc1ccc2c(=S)n(C)ccc2c1.Cn1cc(F)c2ccccc2c1=S. The summed E-state index contributed by atoms with van der Waals surface area (Å²) >= 11 is 10.5. The Morgan fingerprint density at radius 3 is 1.81 bits per heavy atom. The average molecular weight is 473 g/mol. The van der Waals surface area contributed by atoms with E-state index in [0.29, 0.717) is 10.0 Å². The maximum absolute atomic E-state index is 13.4. The third-order valence-corrected chi connectivity index (χ3v) is 5.29. The minimum Gasteiger partial charge on any atom is -0.342 e. The zero-order valence-electron chi connectivity index (χ0n) is 20.9. The number of benzene rings is 2. The van der Waals surface area contributed by atoms with E-state index >= 15 is 0 Å². The quantitative estimate of drug-likeness (QED) is 0.236. The van der Waals surface area contributed by atoms with Crippen LogP contribution in [0.1, 0.15) is 47.1 Å². The first-order valence-corrected chi connectivity index (χ1v) is 12.0. The molecule has 0 spiro atoms. The molecule has 0 N–H and O–H groups in total. The Kier molecular flexibility index (Phi) is 14.3. The van der Waals surface area contributed by atoms with E-state index in [4.69, 9.17) is 24.4 Å². The molecule has 0 bridgehead atoms. The lowest BCUT2D eigenvalue weighted by Crippen LogP contribution is -1.95. The topological polar surface area (TPSA) is 9.86 Å². The van der Waals surface area contributed by atoms with Gasteiger partial charge in [0.2, 0.25) is 0 Å². The fraction of sp³-hybridized carbons (Fsp3) is 0.333. The highest BCUT2D eigenvalue weighted by molar-refractivity contribution is 7.71. The summed E-state index contributed by atoms with van der Waals surface area (Å²) < 4.78 is 18.5. The molecule has 5 heteroatoms. The summed E-state index contributed by atoms with van der Waals surface area (Å²) in [6.45, 7) is 14.1. The molecule has 0 aliphatic carbocycles. The lowest BCUT2D eigenvalue weighted by Gasteiger charge is -2.03. The van der Waals surface area contributed by atoms with Crippen LogP contribution in [0.2, 0.25) is 0 Å². The minimum absolute atomic E-state index is 0.230. The number of aryl methyl sites for hydroxylation is 3.